The molecule has 0 saturated carbocycles. The third kappa shape index (κ3) is 2.90. The van der Waals surface area contributed by atoms with Crippen molar-refractivity contribution in [2.45, 2.75) is 33.5 Å². The van der Waals surface area contributed by atoms with Crippen LogP contribution in [0.1, 0.15) is 45.0 Å². The van der Waals surface area contributed by atoms with Gasteiger partial charge < -0.3 is 19.2 Å². The number of furan rings is 1. The standard InChI is InChI=1S/C23H22N4O3/c1-14-11-19(16(3)27(14)21-12-15(2)30-25-21)22-24-20-9-5-4-8-18(20)23(28)26(22)13-17-7-6-10-29-17/h4-12,22,24H,13H2,1-3H3/t22-/m1/s1. The number of nitrogens with zero attached hydrogens (tertiary/aromatic N) is 3. The molecule has 0 spiro atoms. The van der Waals surface area contributed by atoms with Crippen molar-refractivity contribution in [3.63, 3.8) is 0 Å². The van der Waals surface area contributed by atoms with E-state index in [1.807, 2.05) is 67.8 Å². The molecular weight excluding hydrogens is 380 g/mol. The lowest BCUT2D eigenvalue weighted by molar-refractivity contribution is 0.0651. The van der Waals surface area contributed by atoms with Crippen molar-refractivity contribution in [2.75, 3.05) is 5.32 Å². The highest BCUT2D eigenvalue weighted by Gasteiger charge is 2.35. The smallest absolute Gasteiger partial charge is 0.258 e. The largest absolute Gasteiger partial charge is 0.467 e. The van der Waals surface area contributed by atoms with Gasteiger partial charge in [-0.05, 0) is 51.1 Å². The molecule has 0 radical (unpaired) electrons. The molecule has 1 atom stereocenters. The summed E-state index contributed by atoms with van der Waals surface area (Å²) in [7, 11) is 0. The highest BCUT2D eigenvalue weighted by atomic mass is 16.5. The molecule has 1 N–H and O–H groups in total. The fourth-order valence-corrected chi connectivity index (χ4v) is 4.15. The number of anilines is 1. The molecule has 0 unspecified atom stereocenters. The Morgan fingerprint density at radius 1 is 1.10 bits per heavy atom. The van der Waals surface area contributed by atoms with Crippen molar-refractivity contribution >= 4 is 11.6 Å². The molecule has 7 heteroatoms. The van der Waals surface area contributed by atoms with Crippen LogP contribution in [0.4, 0.5) is 5.69 Å². The van der Waals surface area contributed by atoms with Gasteiger partial charge in [-0.2, -0.15) is 0 Å². The zero-order valence-corrected chi connectivity index (χ0v) is 17.0. The van der Waals surface area contributed by atoms with E-state index in [1.54, 1.807) is 11.2 Å². The van der Waals surface area contributed by atoms with Gasteiger partial charge in [0.1, 0.15) is 17.7 Å². The summed E-state index contributed by atoms with van der Waals surface area (Å²) in [4.78, 5) is 15.2. The van der Waals surface area contributed by atoms with Gasteiger partial charge >= 0.3 is 0 Å². The molecule has 7 nitrogen and oxygen atoms in total. The zero-order chi connectivity index (χ0) is 20.8. The summed E-state index contributed by atoms with van der Waals surface area (Å²) in [6, 6.07) is 15.3. The number of amides is 1. The molecule has 5 rings (SSSR count). The number of carbonyl (C=O) groups is 1. The Morgan fingerprint density at radius 3 is 2.67 bits per heavy atom. The van der Waals surface area contributed by atoms with E-state index in [1.165, 1.54) is 0 Å². The molecule has 0 fully saturated rings. The Bertz CT molecular complexity index is 1220. The number of aromatic nitrogens is 2. The topological polar surface area (TPSA) is 76.4 Å². The number of aryl methyl sites for hydroxylation is 2. The van der Waals surface area contributed by atoms with Crippen molar-refractivity contribution < 1.29 is 13.7 Å². The fraction of sp³-hybridized carbons (Fsp3) is 0.217. The zero-order valence-electron chi connectivity index (χ0n) is 17.0. The lowest BCUT2D eigenvalue weighted by Crippen LogP contribution is -2.42. The highest BCUT2D eigenvalue weighted by molar-refractivity contribution is 6.01. The summed E-state index contributed by atoms with van der Waals surface area (Å²) >= 11 is 0. The molecule has 0 saturated heterocycles. The van der Waals surface area contributed by atoms with Crippen LogP contribution in [0.2, 0.25) is 0 Å². The van der Waals surface area contributed by atoms with Gasteiger partial charge in [0.15, 0.2) is 5.82 Å². The van der Waals surface area contributed by atoms with Crippen molar-refractivity contribution in [1.82, 2.24) is 14.6 Å². The van der Waals surface area contributed by atoms with E-state index in [9.17, 15) is 4.79 Å². The van der Waals surface area contributed by atoms with Crippen molar-refractivity contribution in [1.29, 1.82) is 0 Å². The van der Waals surface area contributed by atoms with Crippen LogP contribution < -0.4 is 5.32 Å². The molecule has 4 aromatic rings. The van der Waals surface area contributed by atoms with Gasteiger partial charge in [-0.15, -0.1) is 0 Å². The molecule has 3 aromatic heterocycles. The molecule has 30 heavy (non-hydrogen) atoms. The first-order chi connectivity index (χ1) is 14.5. The molecule has 1 aliphatic heterocycles. The summed E-state index contributed by atoms with van der Waals surface area (Å²) in [5.41, 5.74) is 4.49. The minimum Gasteiger partial charge on any atom is -0.467 e. The van der Waals surface area contributed by atoms with Crippen LogP contribution in [-0.4, -0.2) is 20.5 Å². The van der Waals surface area contributed by atoms with Gasteiger partial charge in [0.25, 0.3) is 5.91 Å². The summed E-state index contributed by atoms with van der Waals surface area (Å²) in [5.74, 6) is 2.18. The van der Waals surface area contributed by atoms with Crippen LogP contribution in [0.5, 0.6) is 0 Å². The van der Waals surface area contributed by atoms with Crippen molar-refractivity contribution in [2.24, 2.45) is 0 Å². The fourth-order valence-electron chi connectivity index (χ4n) is 4.15. The summed E-state index contributed by atoms with van der Waals surface area (Å²) in [5, 5.41) is 7.72. The van der Waals surface area contributed by atoms with Gasteiger partial charge in [0.2, 0.25) is 0 Å². The number of para-hydroxylation sites is 1. The van der Waals surface area contributed by atoms with E-state index >= 15 is 0 Å². The van der Waals surface area contributed by atoms with E-state index in [0.29, 0.717) is 12.1 Å². The molecular formula is C23H22N4O3. The minimum absolute atomic E-state index is 0.0344. The maximum Gasteiger partial charge on any atom is 0.258 e. The SMILES string of the molecule is Cc1cc(-n2c(C)cc([C@@H]3Nc4ccccc4C(=O)N3Cc3ccco3)c2C)no1. The number of rotatable bonds is 4. The highest BCUT2D eigenvalue weighted by Crippen LogP contribution is 2.37. The van der Waals surface area contributed by atoms with Gasteiger partial charge in [0, 0.05) is 28.7 Å². The second-order valence-corrected chi connectivity index (χ2v) is 7.56. The third-order valence-corrected chi connectivity index (χ3v) is 5.54. The number of carbonyl (C=O) groups excluding carboxylic acids is 1. The van der Waals surface area contributed by atoms with E-state index in [0.717, 1.165) is 40.0 Å². The van der Waals surface area contributed by atoms with E-state index in [-0.39, 0.29) is 12.1 Å². The molecule has 1 aliphatic rings. The van der Waals surface area contributed by atoms with Gasteiger partial charge in [-0.25, -0.2) is 0 Å². The predicted octanol–water partition coefficient (Wildman–Crippen LogP) is 4.75. The van der Waals surface area contributed by atoms with Crippen LogP contribution in [-0.2, 0) is 6.54 Å². The van der Waals surface area contributed by atoms with E-state index in [2.05, 4.69) is 16.5 Å². The number of benzene rings is 1. The first-order valence-corrected chi connectivity index (χ1v) is 9.84. The average Bonchev–Trinajstić information content (AvgIpc) is 3.45. The van der Waals surface area contributed by atoms with Gasteiger partial charge in [0.05, 0.1) is 18.4 Å². The van der Waals surface area contributed by atoms with Gasteiger partial charge in [-0.1, -0.05) is 17.3 Å². The van der Waals surface area contributed by atoms with E-state index < -0.39 is 0 Å². The second kappa shape index (κ2) is 6.95. The Hall–Kier alpha value is -3.74. The normalized spacial score (nSPS) is 15.9. The lowest BCUT2D eigenvalue weighted by atomic mass is 10.0. The predicted molar refractivity (Wildman–Crippen MR) is 111 cm³/mol. The number of hydrogen-bond acceptors (Lipinski definition) is 5. The molecule has 0 aliphatic carbocycles. The molecule has 1 amide bonds. The Kier molecular flexibility index (Phi) is 4.24. The van der Waals surface area contributed by atoms with Crippen LogP contribution in [0.3, 0.4) is 0 Å². The lowest BCUT2D eigenvalue weighted by Gasteiger charge is -2.37. The Labute approximate surface area is 173 Å². The first-order valence-electron chi connectivity index (χ1n) is 9.84. The van der Waals surface area contributed by atoms with Crippen LogP contribution >= 0.6 is 0 Å². The molecule has 4 heterocycles. The number of fused-ring (bicyclic) bond motifs is 1. The Balaban J connectivity index is 1.61. The van der Waals surface area contributed by atoms with Crippen molar-refractivity contribution in [3.05, 3.63) is 88.8 Å². The Morgan fingerprint density at radius 2 is 1.93 bits per heavy atom. The van der Waals surface area contributed by atoms with Crippen LogP contribution in [0, 0.1) is 20.8 Å². The molecule has 1 aromatic carbocycles. The van der Waals surface area contributed by atoms with Crippen LogP contribution in [0.15, 0.2) is 63.7 Å². The quantitative estimate of drug-likeness (QED) is 0.533. The van der Waals surface area contributed by atoms with Gasteiger partial charge in [-0.3, -0.25) is 9.36 Å². The monoisotopic (exact) mass is 402 g/mol. The molecule has 152 valence electrons. The maximum absolute atomic E-state index is 13.4. The molecule has 0 bridgehead atoms. The van der Waals surface area contributed by atoms with Crippen molar-refractivity contribution in [3.8, 4) is 5.82 Å². The number of nitrogens with one attached hydrogen (secondary N) is 1. The summed E-state index contributed by atoms with van der Waals surface area (Å²) in [6.45, 7) is 6.29. The number of hydrogen-bond donors (Lipinski definition) is 1. The summed E-state index contributed by atoms with van der Waals surface area (Å²) in [6.07, 6.45) is 1.28. The first kappa shape index (κ1) is 18.3. The summed E-state index contributed by atoms with van der Waals surface area (Å²) < 4.78 is 12.9. The average molecular weight is 402 g/mol. The van der Waals surface area contributed by atoms with E-state index in [4.69, 9.17) is 8.94 Å². The van der Waals surface area contributed by atoms with Crippen LogP contribution in [0.25, 0.3) is 5.82 Å². The second-order valence-electron chi connectivity index (χ2n) is 7.56. The minimum atomic E-state index is -0.342. The maximum atomic E-state index is 13.4. The third-order valence-electron chi connectivity index (χ3n) is 5.54.